The molecule has 0 fully saturated rings. The van der Waals surface area contributed by atoms with Crippen molar-refractivity contribution in [3.05, 3.63) is 77.9 Å². The third kappa shape index (κ3) is 7.88. The number of hydrogen-bond donors (Lipinski definition) is 0. The minimum atomic E-state index is -0.334. The summed E-state index contributed by atoms with van der Waals surface area (Å²) in [5, 5.41) is 13.2. The highest BCUT2D eigenvalue weighted by Crippen LogP contribution is 2.13. The van der Waals surface area contributed by atoms with E-state index < -0.39 is 0 Å². The number of carbonyl (C=O) groups is 1. The van der Waals surface area contributed by atoms with Crippen LogP contribution in [0, 0.1) is 11.3 Å². The first-order valence-electron chi connectivity index (χ1n) is 9.31. The summed E-state index contributed by atoms with van der Waals surface area (Å²) >= 11 is 0. The smallest absolute Gasteiger partial charge is 0.330 e. The van der Waals surface area contributed by atoms with E-state index in [-0.39, 0.29) is 5.97 Å². The Morgan fingerprint density at radius 3 is 2.54 bits per heavy atom. The summed E-state index contributed by atoms with van der Waals surface area (Å²) in [6.07, 6.45) is 6.20. The second-order valence-corrected chi connectivity index (χ2v) is 6.06. The third-order valence-corrected chi connectivity index (χ3v) is 3.95. The van der Waals surface area contributed by atoms with Crippen molar-refractivity contribution >= 4 is 11.7 Å². The average molecular weight is 376 g/mol. The molecular formula is C23H24N2O3. The lowest BCUT2D eigenvalue weighted by atomic mass is 10.0. The third-order valence-electron chi connectivity index (χ3n) is 3.95. The molecule has 5 nitrogen and oxygen atoms in total. The Morgan fingerprint density at radius 2 is 1.86 bits per heavy atom. The molecule has 0 spiro atoms. The van der Waals surface area contributed by atoms with Gasteiger partial charge in [-0.2, -0.15) is 5.26 Å². The van der Waals surface area contributed by atoms with E-state index in [0.717, 1.165) is 18.6 Å². The maximum atomic E-state index is 11.4. The number of allylic oxidation sites excluding steroid dienone is 1. The van der Waals surface area contributed by atoms with Gasteiger partial charge in [0.05, 0.1) is 24.0 Å². The molecule has 0 aliphatic rings. The summed E-state index contributed by atoms with van der Waals surface area (Å²) in [7, 11) is 0. The largest absolute Gasteiger partial charge is 0.463 e. The number of nitrogens with zero attached hydrogens (tertiary/aromatic N) is 2. The van der Waals surface area contributed by atoms with Crippen LogP contribution in [0.2, 0.25) is 0 Å². The Morgan fingerprint density at radius 1 is 1.11 bits per heavy atom. The zero-order valence-electron chi connectivity index (χ0n) is 16.0. The van der Waals surface area contributed by atoms with E-state index in [0.29, 0.717) is 30.8 Å². The van der Waals surface area contributed by atoms with Gasteiger partial charge in [-0.25, -0.2) is 4.79 Å². The normalized spacial score (nSPS) is 11.2. The van der Waals surface area contributed by atoms with Gasteiger partial charge >= 0.3 is 5.97 Å². The number of hydrogen-bond acceptors (Lipinski definition) is 5. The fourth-order valence-corrected chi connectivity index (χ4v) is 2.48. The molecule has 0 amide bonds. The molecule has 0 radical (unpaired) electrons. The van der Waals surface area contributed by atoms with Crippen molar-refractivity contribution in [2.75, 3.05) is 6.61 Å². The molecule has 2 rings (SSSR count). The molecule has 5 heteroatoms. The van der Waals surface area contributed by atoms with Gasteiger partial charge in [0.15, 0.2) is 5.75 Å². The number of aryl methyl sites for hydroxylation is 1. The first-order valence-corrected chi connectivity index (χ1v) is 9.31. The van der Waals surface area contributed by atoms with Crippen LogP contribution >= 0.6 is 0 Å². The number of benzene rings is 2. The predicted octanol–water partition coefficient (Wildman–Crippen LogP) is 4.83. The van der Waals surface area contributed by atoms with E-state index in [4.69, 9.17) is 14.8 Å². The van der Waals surface area contributed by atoms with Gasteiger partial charge in [-0.3, -0.25) is 0 Å². The zero-order valence-corrected chi connectivity index (χ0v) is 16.0. The molecule has 0 saturated carbocycles. The minimum Gasteiger partial charge on any atom is -0.463 e. The van der Waals surface area contributed by atoms with Crippen LogP contribution in [-0.4, -0.2) is 18.3 Å². The second kappa shape index (κ2) is 12.1. The zero-order chi connectivity index (χ0) is 20.0. The molecule has 144 valence electrons. The van der Waals surface area contributed by atoms with Crippen molar-refractivity contribution < 1.29 is 14.4 Å². The van der Waals surface area contributed by atoms with Gasteiger partial charge in [0.1, 0.15) is 0 Å². The average Bonchev–Trinajstić information content (AvgIpc) is 2.74. The summed E-state index contributed by atoms with van der Waals surface area (Å²) in [4.78, 5) is 16.9. The van der Waals surface area contributed by atoms with E-state index in [1.807, 2.05) is 18.2 Å². The molecular weight excluding hydrogens is 352 g/mol. The lowest BCUT2D eigenvalue weighted by molar-refractivity contribution is -0.137. The van der Waals surface area contributed by atoms with Crippen LogP contribution in [-0.2, 0) is 16.0 Å². The lowest BCUT2D eigenvalue weighted by Gasteiger charge is -2.06. The van der Waals surface area contributed by atoms with Gasteiger partial charge < -0.3 is 9.57 Å². The summed E-state index contributed by atoms with van der Waals surface area (Å²) < 4.78 is 4.87. The van der Waals surface area contributed by atoms with Gasteiger partial charge in [-0.05, 0) is 62.4 Å². The van der Waals surface area contributed by atoms with Crippen molar-refractivity contribution in [3.63, 3.8) is 0 Å². The monoisotopic (exact) mass is 376 g/mol. The Hall–Kier alpha value is -3.39. The van der Waals surface area contributed by atoms with Gasteiger partial charge in [-0.15, -0.1) is 0 Å². The van der Waals surface area contributed by atoms with Crippen LogP contribution in [0.1, 0.15) is 37.3 Å². The number of esters is 1. The molecule has 0 aliphatic carbocycles. The molecule has 0 unspecified atom stereocenters. The summed E-state index contributed by atoms with van der Waals surface area (Å²) in [5.41, 5.74) is 2.71. The van der Waals surface area contributed by atoms with E-state index >= 15 is 0 Å². The maximum Gasteiger partial charge on any atom is 0.330 e. The fraction of sp³-hybridized carbons (Fsp3) is 0.261. The second-order valence-electron chi connectivity index (χ2n) is 6.06. The molecule has 0 saturated heterocycles. The maximum absolute atomic E-state index is 11.4. The SMILES string of the molecule is CCOC(=O)/C=C/CC/C(CCc1ccccc1)=N/Oc1ccc(C#N)cc1. The Labute approximate surface area is 165 Å². The van der Waals surface area contributed by atoms with E-state index in [9.17, 15) is 4.79 Å². The standard InChI is InChI=1S/C23H24N2O3/c1-2-27-23(26)11-7-6-10-21(15-12-19-8-4-3-5-9-19)25-28-22-16-13-20(18-24)14-17-22/h3-5,7-9,11,13-14,16-17H,2,6,10,12,15H2,1H3/b11-7+,25-21-. The Kier molecular flexibility index (Phi) is 9.02. The number of nitriles is 1. The lowest BCUT2D eigenvalue weighted by Crippen LogP contribution is -2.04. The summed E-state index contributed by atoms with van der Waals surface area (Å²) in [6.45, 7) is 2.14. The van der Waals surface area contributed by atoms with E-state index in [1.54, 1.807) is 37.3 Å². The molecule has 2 aromatic carbocycles. The fourth-order valence-electron chi connectivity index (χ4n) is 2.48. The Balaban J connectivity index is 1.97. The van der Waals surface area contributed by atoms with Gasteiger partial charge in [0.2, 0.25) is 0 Å². The van der Waals surface area contributed by atoms with Crippen molar-refractivity contribution in [2.45, 2.75) is 32.6 Å². The van der Waals surface area contributed by atoms with Crippen LogP contribution < -0.4 is 4.84 Å². The van der Waals surface area contributed by atoms with Gasteiger partial charge in [-0.1, -0.05) is 41.6 Å². The van der Waals surface area contributed by atoms with Crippen molar-refractivity contribution in [1.82, 2.24) is 0 Å². The van der Waals surface area contributed by atoms with Crippen molar-refractivity contribution in [3.8, 4) is 11.8 Å². The molecule has 0 heterocycles. The minimum absolute atomic E-state index is 0.334. The topological polar surface area (TPSA) is 71.7 Å². The van der Waals surface area contributed by atoms with Crippen LogP contribution in [0.25, 0.3) is 0 Å². The van der Waals surface area contributed by atoms with E-state index in [2.05, 4.69) is 23.4 Å². The van der Waals surface area contributed by atoms with Gasteiger partial charge in [0.25, 0.3) is 0 Å². The number of oxime groups is 1. The summed E-state index contributed by atoms with van der Waals surface area (Å²) in [6, 6.07) is 19.1. The first kappa shape index (κ1) is 20.9. The molecule has 0 bridgehead atoms. The molecule has 28 heavy (non-hydrogen) atoms. The Bertz CT molecular complexity index is 834. The number of rotatable bonds is 10. The van der Waals surface area contributed by atoms with Crippen LogP contribution in [0.15, 0.2) is 71.9 Å². The molecule has 0 aliphatic heterocycles. The summed E-state index contributed by atoms with van der Waals surface area (Å²) in [5.74, 6) is 0.248. The quantitative estimate of drug-likeness (QED) is 0.258. The van der Waals surface area contributed by atoms with Crippen molar-refractivity contribution in [1.29, 1.82) is 5.26 Å². The highest BCUT2D eigenvalue weighted by atomic mass is 16.6. The molecule has 2 aromatic rings. The molecule has 0 aromatic heterocycles. The van der Waals surface area contributed by atoms with Gasteiger partial charge in [0, 0.05) is 6.08 Å². The number of ether oxygens (including phenoxy) is 1. The van der Waals surface area contributed by atoms with Crippen LogP contribution in [0.4, 0.5) is 0 Å². The van der Waals surface area contributed by atoms with Crippen molar-refractivity contribution in [2.24, 2.45) is 5.16 Å². The number of carbonyl (C=O) groups excluding carboxylic acids is 1. The van der Waals surface area contributed by atoms with Crippen LogP contribution in [0.5, 0.6) is 5.75 Å². The van der Waals surface area contributed by atoms with E-state index in [1.165, 1.54) is 11.6 Å². The van der Waals surface area contributed by atoms with Crippen LogP contribution in [0.3, 0.4) is 0 Å². The molecule has 0 atom stereocenters. The highest BCUT2D eigenvalue weighted by molar-refractivity contribution is 5.85. The first-order chi connectivity index (χ1) is 13.7. The predicted molar refractivity (Wildman–Crippen MR) is 109 cm³/mol. The molecule has 0 N–H and O–H groups in total. The highest BCUT2D eigenvalue weighted by Gasteiger charge is 2.03.